The third-order valence-corrected chi connectivity index (χ3v) is 3.69. The number of hydrazine groups is 1. The Bertz CT molecular complexity index is 235. The zero-order valence-corrected chi connectivity index (χ0v) is 10.5. The maximum Gasteiger partial charge on any atom is 0.389 e. The first-order valence-corrected chi connectivity index (χ1v) is 6.05. The van der Waals surface area contributed by atoms with E-state index < -0.39 is 12.6 Å². The molecule has 1 aliphatic heterocycles. The van der Waals surface area contributed by atoms with Crippen LogP contribution in [0.1, 0.15) is 39.5 Å². The fraction of sp³-hybridized carbons (Fsp3) is 1.00. The molecule has 102 valence electrons. The van der Waals surface area contributed by atoms with Crippen LogP contribution in [0.3, 0.4) is 0 Å². The molecule has 1 rings (SSSR count). The minimum atomic E-state index is -4.11. The molecule has 0 amide bonds. The SMILES string of the molecule is CC(C)(C(CCC(F)(F)F)NN)N1CCCC1. The van der Waals surface area contributed by atoms with Crippen LogP contribution < -0.4 is 11.3 Å². The van der Waals surface area contributed by atoms with Gasteiger partial charge < -0.3 is 0 Å². The smallest absolute Gasteiger partial charge is 0.297 e. The second kappa shape index (κ2) is 5.54. The Morgan fingerprint density at radius 3 is 2.18 bits per heavy atom. The number of nitrogens with zero attached hydrogens (tertiary/aromatic N) is 1. The highest BCUT2D eigenvalue weighted by Gasteiger charge is 2.38. The summed E-state index contributed by atoms with van der Waals surface area (Å²) in [5.74, 6) is 5.41. The molecule has 0 bridgehead atoms. The number of nitrogens with two attached hydrogens (primary N) is 1. The summed E-state index contributed by atoms with van der Waals surface area (Å²) >= 11 is 0. The van der Waals surface area contributed by atoms with Crippen molar-refractivity contribution < 1.29 is 13.2 Å². The maximum absolute atomic E-state index is 12.2. The first-order valence-electron chi connectivity index (χ1n) is 6.05. The van der Waals surface area contributed by atoms with E-state index in [9.17, 15) is 13.2 Å². The largest absolute Gasteiger partial charge is 0.389 e. The first-order chi connectivity index (χ1) is 7.77. The van der Waals surface area contributed by atoms with Crippen molar-refractivity contribution >= 4 is 0 Å². The second-order valence-corrected chi connectivity index (χ2v) is 5.22. The van der Waals surface area contributed by atoms with Crippen LogP contribution in [0.15, 0.2) is 0 Å². The molecule has 1 fully saturated rings. The summed E-state index contributed by atoms with van der Waals surface area (Å²) in [5, 5.41) is 0. The van der Waals surface area contributed by atoms with E-state index >= 15 is 0 Å². The van der Waals surface area contributed by atoms with E-state index in [1.54, 1.807) is 0 Å². The summed E-state index contributed by atoms with van der Waals surface area (Å²) in [6.07, 6.45) is -2.67. The normalized spacial score (nSPS) is 20.8. The van der Waals surface area contributed by atoms with Crippen molar-refractivity contribution in [3.8, 4) is 0 Å². The predicted molar refractivity (Wildman–Crippen MR) is 61.3 cm³/mol. The lowest BCUT2D eigenvalue weighted by molar-refractivity contribution is -0.138. The predicted octanol–water partition coefficient (Wildman–Crippen LogP) is 2.04. The van der Waals surface area contributed by atoms with Crippen molar-refractivity contribution in [3.05, 3.63) is 0 Å². The highest BCUT2D eigenvalue weighted by molar-refractivity contribution is 4.94. The molecule has 0 aromatic rings. The molecule has 0 spiro atoms. The van der Waals surface area contributed by atoms with Gasteiger partial charge in [0.05, 0.1) is 0 Å². The van der Waals surface area contributed by atoms with Crippen LogP contribution in [0.2, 0.25) is 0 Å². The lowest BCUT2D eigenvalue weighted by Gasteiger charge is -2.42. The number of rotatable bonds is 5. The Morgan fingerprint density at radius 1 is 1.24 bits per heavy atom. The Morgan fingerprint density at radius 2 is 1.76 bits per heavy atom. The van der Waals surface area contributed by atoms with Crippen molar-refractivity contribution in [2.75, 3.05) is 13.1 Å². The number of alkyl halides is 3. The van der Waals surface area contributed by atoms with Crippen LogP contribution in [-0.2, 0) is 0 Å². The molecule has 3 N–H and O–H groups in total. The zero-order chi connectivity index (χ0) is 13.1. The molecule has 0 aliphatic carbocycles. The van der Waals surface area contributed by atoms with E-state index in [4.69, 9.17) is 5.84 Å². The molecule has 0 aromatic carbocycles. The minimum absolute atomic E-state index is 0.0174. The van der Waals surface area contributed by atoms with E-state index in [2.05, 4.69) is 10.3 Å². The van der Waals surface area contributed by atoms with E-state index in [1.807, 2.05) is 13.8 Å². The Labute approximate surface area is 100 Å². The van der Waals surface area contributed by atoms with E-state index in [0.29, 0.717) is 0 Å². The summed E-state index contributed by atoms with van der Waals surface area (Å²) < 4.78 is 36.7. The first kappa shape index (κ1) is 14.7. The standard InChI is InChI=1S/C11H22F3N3/c1-10(2,17-7-3-4-8-17)9(16-15)5-6-11(12,13)14/h9,16H,3-8,15H2,1-2H3. The second-order valence-electron chi connectivity index (χ2n) is 5.22. The van der Waals surface area contributed by atoms with Gasteiger partial charge in [0, 0.05) is 18.0 Å². The molecule has 17 heavy (non-hydrogen) atoms. The Hall–Kier alpha value is -0.330. The average Bonchev–Trinajstić information content (AvgIpc) is 2.69. The van der Waals surface area contributed by atoms with Crippen LogP contribution >= 0.6 is 0 Å². The van der Waals surface area contributed by atoms with Crippen molar-refractivity contribution in [3.63, 3.8) is 0 Å². The summed E-state index contributed by atoms with van der Waals surface area (Å²) in [4.78, 5) is 2.22. The van der Waals surface area contributed by atoms with Gasteiger partial charge in [-0.2, -0.15) is 13.2 Å². The van der Waals surface area contributed by atoms with Gasteiger partial charge in [-0.15, -0.1) is 0 Å². The minimum Gasteiger partial charge on any atom is -0.297 e. The van der Waals surface area contributed by atoms with Crippen LogP contribution in [0.4, 0.5) is 13.2 Å². The number of likely N-dealkylation sites (tertiary alicyclic amines) is 1. The molecule has 0 saturated carbocycles. The molecule has 0 aromatic heterocycles. The highest BCUT2D eigenvalue weighted by atomic mass is 19.4. The monoisotopic (exact) mass is 253 g/mol. The van der Waals surface area contributed by atoms with Gasteiger partial charge in [0.25, 0.3) is 0 Å². The van der Waals surface area contributed by atoms with Crippen molar-refractivity contribution in [2.24, 2.45) is 5.84 Å². The Kier molecular flexibility index (Phi) is 4.80. The fourth-order valence-corrected chi connectivity index (χ4v) is 2.46. The average molecular weight is 253 g/mol. The number of nitrogens with one attached hydrogen (secondary N) is 1. The van der Waals surface area contributed by atoms with Gasteiger partial charge >= 0.3 is 6.18 Å². The van der Waals surface area contributed by atoms with Crippen LogP contribution in [0.25, 0.3) is 0 Å². The molecular formula is C11H22F3N3. The molecular weight excluding hydrogens is 231 g/mol. The van der Waals surface area contributed by atoms with Crippen molar-refractivity contribution in [1.82, 2.24) is 10.3 Å². The van der Waals surface area contributed by atoms with Gasteiger partial charge in [-0.1, -0.05) is 0 Å². The quantitative estimate of drug-likeness (QED) is 0.582. The lowest BCUT2D eigenvalue weighted by Crippen LogP contribution is -2.58. The summed E-state index contributed by atoms with van der Waals surface area (Å²) in [6.45, 7) is 5.80. The zero-order valence-electron chi connectivity index (χ0n) is 10.5. The summed E-state index contributed by atoms with van der Waals surface area (Å²) in [7, 11) is 0. The highest BCUT2D eigenvalue weighted by Crippen LogP contribution is 2.29. The van der Waals surface area contributed by atoms with E-state index in [1.165, 1.54) is 0 Å². The van der Waals surface area contributed by atoms with Gasteiger partial charge in [-0.25, -0.2) is 0 Å². The summed E-state index contributed by atoms with van der Waals surface area (Å²) in [6, 6.07) is -0.345. The number of hydrogen-bond acceptors (Lipinski definition) is 3. The molecule has 1 aliphatic rings. The number of hydrogen-bond donors (Lipinski definition) is 2. The lowest BCUT2D eigenvalue weighted by atomic mass is 9.89. The van der Waals surface area contributed by atoms with Gasteiger partial charge in [0.1, 0.15) is 0 Å². The Balaban J connectivity index is 2.58. The van der Waals surface area contributed by atoms with Crippen LogP contribution in [0.5, 0.6) is 0 Å². The molecule has 1 saturated heterocycles. The van der Waals surface area contributed by atoms with Gasteiger partial charge in [-0.3, -0.25) is 16.2 Å². The van der Waals surface area contributed by atoms with Crippen molar-refractivity contribution in [1.29, 1.82) is 0 Å². The van der Waals surface area contributed by atoms with E-state index in [0.717, 1.165) is 25.9 Å². The molecule has 1 unspecified atom stereocenters. The topological polar surface area (TPSA) is 41.3 Å². The fourth-order valence-electron chi connectivity index (χ4n) is 2.46. The van der Waals surface area contributed by atoms with E-state index in [-0.39, 0.29) is 18.0 Å². The van der Waals surface area contributed by atoms with Crippen LogP contribution in [0, 0.1) is 0 Å². The van der Waals surface area contributed by atoms with Gasteiger partial charge in [0.2, 0.25) is 0 Å². The molecule has 0 radical (unpaired) electrons. The number of halogens is 3. The summed E-state index contributed by atoms with van der Waals surface area (Å²) in [5.41, 5.74) is 2.21. The molecule has 6 heteroatoms. The molecule has 1 atom stereocenters. The third-order valence-electron chi connectivity index (χ3n) is 3.69. The van der Waals surface area contributed by atoms with Crippen LogP contribution in [-0.4, -0.2) is 35.7 Å². The van der Waals surface area contributed by atoms with Crippen molar-refractivity contribution in [2.45, 2.75) is 57.3 Å². The maximum atomic E-state index is 12.2. The van der Waals surface area contributed by atoms with Gasteiger partial charge in [-0.05, 0) is 46.2 Å². The molecule has 3 nitrogen and oxygen atoms in total. The molecule has 1 heterocycles. The third kappa shape index (κ3) is 4.12. The van der Waals surface area contributed by atoms with Gasteiger partial charge in [0.15, 0.2) is 0 Å².